The smallest absolute Gasteiger partial charge is 0.294 e. The Kier molecular flexibility index (Phi) is 3.62. The Labute approximate surface area is 122 Å². The summed E-state index contributed by atoms with van der Waals surface area (Å²) in [6.07, 6.45) is 7.58. The summed E-state index contributed by atoms with van der Waals surface area (Å²) in [6, 6.07) is 7.76. The third kappa shape index (κ3) is 2.27. The van der Waals surface area contributed by atoms with E-state index in [0.29, 0.717) is 11.6 Å². The van der Waals surface area contributed by atoms with Crippen LogP contribution >= 0.6 is 11.6 Å². The Morgan fingerprint density at radius 2 is 1.90 bits per heavy atom. The minimum atomic E-state index is -0.911. The van der Waals surface area contributed by atoms with Gasteiger partial charge in [-0.3, -0.25) is 9.59 Å². The van der Waals surface area contributed by atoms with E-state index in [2.05, 4.69) is 0 Å². The molecule has 2 heterocycles. The number of Topliss-reactive ketones (excluding diaryl/α,β-unsaturated/α-hetero) is 1. The second kappa shape index (κ2) is 5.41. The number of nitrogens with zero attached hydrogens (tertiary/aromatic N) is 1. The fourth-order valence-corrected chi connectivity index (χ4v) is 3.29. The molecule has 3 nitrogen and oxygen atoms in total. The number of carbonyl (C=O) groups excluding carboxylic acids is 2. The molecule has 0 radical (unpaired) electrons. The molecule has 0 N–H and O–H groups in total. The molecule has 0 unspecified atom stereocenters. The van der Waals surface area contributed by atoms with Crippen LogP contribution in [0.2, 0.25) is 0 Å². The zero-order valence-corrected chi connectivity index (χ0v) is 11.9. The SMILES string of the molecule is O=C(Cl)C(=O)c1c(C2CCCCC2)cc2ccccn12. The predicted octanol–water partition coefficient (Wildman–Crippen LogP) is 3.94. The Morgan fingerprint density at radius 1 is 1.15 bits per heavy atom. The number of pyridine rings is 1. The molecule has 0 aromatic carbocycles. The highest BCUT2D eigenvalue weighted by molar-refractivity contribution is 6.83. The maximum absolute atomic E-state index is 12.2. The van der Waals surface area contributed by atoms with E-state index >= 15 is 0 Å². The minimum Gasteiger partial charge on any atom is -0.313 e. The number of ketones is 1. The van der Waals surface area contributed by atoms with E-state index in [1.165, 1.54) is 19.3 Å². The highest BCUT2D eigenvalue weighted by Gasteiger charge is 2.27. The van der Waals surface area contributed by atoms with Gasteiger partial charge in [0.25, 0.3) is 11.0 Å². The van der Waals surface area contributed by atoms with E-state index < -0.39 is 11.0 Å². The van der Waals surface area contributed by atoms with E-state index in [4.69, 9.17) is 11.6 Å². The van der Waals surface area contributed by atoms with Crippen LogP contribution in [0.1, 0.15) is 54.1 Å². The number of aromatic nitrogens is 1. The van der Waals surface area contributed by atoms with Crippen molar-refractivity contribution in [2.24, 2.45) is 0 Å². The maximum Gasteiger partial charge on any atom is 0.294 e. The van der Waals surface area contributed by atoms with Crippen molar-refractivity contribution >= 4 is 28.1 Å². The van der Waals surface area contributed by atoms with Crippen LogP contribution in [0.15, 0.2) is 30.5 Å². The van der Waals surface area contributed by atoms with Crippen molar-refractivity contribution in [2.45, 2.75) is 38.0 Å². The van der Waals surface area contributed by atoms with E-state index in [9.17, 15) is 9.59 Å². The van der Waals surface area contributed by atoms with Crippen LogP contribution in [0.25, 0.3) is 5.52 Å². The van der Waals surface area contributed by atoms with E-state index in [-0.39, 0.29) is 0 Å². The highest BCUT2D eigenvalue weighted by atomic mass is 35.5. The molecule has 0 saturated heterocycles. The second-order valence-electron chi connectivity index (χ2n) is 5.38. The first-order valence-corrected chi connectivity index (χ1v) is 7.40. The van der Waals surface area contributed by atoms with Crippen LogP contribution in [0.3, 0.4) is 0 Å². The third-order valence-electron chi connectivity index (χ3n) is 4.15. The van der Waals surface area contributed by atoms with Crippen LogP contribution in [-0.2, 0) is 4.79 Å². The summed E-state index contributed by atoms with van der Waals surface area (Å²) in [5.41, 5.74) is 2.37. The van der Waals surface area contributed by atoms with Gasteiger partial charge in [-0.1, -0.05) is 25.3 Å². The van der Waals surface area contributed by atoms with Crippen molar-refractivity contribution in [3.8, 4) is 0 Å². The maximum atomic E-state index is 12.2. The summed E-state index contributed by atoms with van der Waals surface area (Å²) < 4.78 is 1.78. The minimum absolute atomic E-state index is 0.360. The molecule has 0 spiro atoms. The normalized spacial score (nSPS) is 16.4. The zero-order valence-electron chi connectivity index (χ0n) is 11.1. The van der Waals surface area contributed by atoms with Crippen molar-refractivity contribution < 1.29 is 9.59 Å². The van der Waals surface area contributed by atoms with Crippen LogP contribution in [0, 0.1) is 0 Å². The Hall–Kier alpha value is -1.61. The summed E-state index contributed by atoms with van der Waals surface area (Å²) in [6.45, 7) is 0. The zero-order chi connectivity index (χ0) is 14.1. The first kappa shape index (κ1) is 13.4. The van der Waals surface area contributed by atoms with Crippen molar-refractivity contribution in [1.82, 2.24) is 4.40 Å². The van der Waals surface area contributed by atoms with E-state index in [0.717, 1.165) is 23.9 Å². The lowest BCUT2D eigenvalue weighted by molar-refractivity contribution is -0.108. The topological polar surface area (TPSA) is 38.5 Å². The molecule has 0 amide bonds. The molecule has 4 heteroatoms. The van der Waals surface area contributed by atoms with Crippen molar-refractivity contribution in [1.29, 1.82) is 0 Å². The first-order chi connectivity index (χ1) is 9.68. The Balaban J connectivity index is 2.16. The highest BCUT2D eigenvalue weighted by Crippen LogP contribution is 2.36. The average Bonchev–Trinajstić information content (AvgIpc) is 2.86. The number of carbonyl (C=O) groups is 2. The van der Waals surface area contributed by atoms with Gasteiger partial charge >= 0.3 is 0 Å². The average molecular weight is 290 g/mol. The summed E-state index contributed by atoms with van der Waals surface area (Å²) in [5, 5.41) is -0.911. The number of rotatable bonds is 3. The fourth-order valence-electron chi connectivity index (χ4n) is 3.20. The molecular formula is C16H16ClNO2. The summed E-state index contributed by atoms with van der Waals surface area (Å²) >= 11 is 5.43. The molecule has 1 aliphatic rings. The number of hydrogen-bond donors (Lipinski definition) is 0. The monoisotopic (exact) mass is 289 g/mol. The van der Waals surface area contributed by atoms with Gasteiger partial charge in [-0.05, 0) is 54.1 Å². The largest absolute Gasteiger partial charge is 0.313 e. The summed E-state index contributed by atoms with van der Waals surface area (Å²) in [7, 11) is 0. The second-order valence-corrected chi connectivity index (χ2v) is 5.72. The molecule has 0 atom stereocenters. The van der Waals surface area contributed by atoms with Gasteiger partial charge in [0.15, 0.2) is 0 Å². The molecule has 1 aliphatic carbocycles. The lowest BCUT2D eigenvalue weighted by Gasteiger charge is -2.21. The molecule has 20 heavy (non-hydrogen) atoms. The Bertz CT molecular complexity index is 668. The predicted molar refractivity (Wildman–Crippen MR) is 78.4 cm³/mol. The lowest BCUT2D eigenvalue weighted by Crippen LogP contribution is -2.15. The van der Waals surface area contributed by atoms with Gasteiger partial charge in [-0.15, -0.1) is 0 Å². The molecule has 1 saturated carbocycles. The lowest BCUT2D eigenvalue weighted by atomic mass is 9.83. The third-order valence-corrected chi connectivity index (χ3v) is 4.32. The van der Waals surface area contributed by atoms with Gasteiger partial charge in [0.1, 0.15) is 5.69 Å². The molecule has 104 valence electrons. The number of hydrogen-bond acceptors (Lipinski definition) is 2. The van der Waals surface area contributed by atoms with Crippen LogP contribution in [-0.4, -0.2) is 15.4 Å². The molecule has 3 rings (SSSR count). The van der Waals surface area contributed by atoms with Gasteiger partial charge in [-0.25, -0.2) is 0 Å². The molecule has 0 bridgehead atoms. The van der Waals surface area contributed by atoms with Gasteiger partial charge in [-0.2, -0.15) is 0 Å². The molecule has 1 fully saturated rings. The van der Waals surface area contributed by atoms with Crippen molar-refractivity contribution in [2.75, 3.05) is 0 Å². The number of halogens is 1. The van der Waals surface area contributed by atoms with E-state index in [1.807, 2.05) is 30.5 Å². The van der Waals surface area contributed by atoms with Crippen LogP contribution < -0.4 is 0 Å². The van der Waals surface area contributed by atoms with Crippen molar-refractivity contribution in [3.05, 3.63) is 41.7 Å². The standard InChI is InChI=1S/C16H16ClNO2/c17-16(20)15(19)14-13(11-6-2-1-3-7-11)10-12-8-4-5-9-18(12)14/h4-5,8-11H,1-3,6-7H2. The Morgan fingerprint density at radius 3 is 2.60 bits per heavy atom. The first-order valence-electron chi connectivity index (χ1n) is 7.02. The summed E-state index contributed by atoms with van der Waals surface area (Å²) in [5.74, 6) is -0.239. The van der Waals surface area contributed by atoms with Crippen LogP contribution in [0.4, 0.5) is 0 Å². The van der Waals surface area contributed by atoms with Crippen molar-refractivity contribution in [3.63, 3.8) is 0 Å². The van der Waals surface area contributed by atoms with Gasteiger partial charge in [0.2, 0.25) is 0 Å². The van der Waals surface area contributed by atoms with Gasteiger partial charge < -0.3 is 4.40 Å². The van der Waals surface area contributed by atoms with E-state index in [1.54, 1.807) is 4.40 Å². The van der Waals surface area contributed by atoms with Gasteiger partial charge in [0.05, 0.1) is 0 Å². The molecular weight excluding hydrogens is 274 g/mol. The summed E-state index contributed by atoms with van der Waals surface area (Å²) in [4.78, 5) is 23.5. The number of fused-ring (bicyclic) bond motifs is 1. The molecule has 2 aromatic rings. The van der Waals surface area contributed by atoms with Crippen LogP contribution in [0.5, 0.6) is 0 Å². The fraction of sp³-hybridized carbons (Fsp3) is 0.375. The molecule has 0 aliphatic heterocycles. The quantitative estimate of drug-likeness (QED) is 0.488. The molecule has 2 aromatic heterocycles. The van der Waals surface area contributed by atoms with Gasteiger partial charge in [0, 0.05) is 11.7 Å².